The Morgan fingerprint density at radius 3 is 2.58 bits per heavy atom. The van der Waals surface area contributed by atoms with Gasteiger partial charge in [0.25, 0.3) is 5.91 Å². The summed E-state index contributed by atoms with van der Waals surface area (Å²) in [5.74, 6) is -0.160. The summed E-state index contributed by atoms with van der Waals surface area (Å²) in [5, 5.41) is 8.25. The number of rotatable bonds is 3. The fraction of sp³-hybridized carbons (Fsp3) is 0.0952. The van der Waals surface area contributed by atoms with Crippen LogP contribution in [0, 0.1) is 6.92 Å². The zero-order valence-corrected chi connectivity index (χ0v) is 14.6. The van der Waals surface area contributed by atoms with Gasteiger partial charge >= 0.3 is 0 Å². The van der Waals surface area contributed by atoms with E-state index in [9.17, 15) is 4.79 Å². The molecule has 1 amide bonds. The molecule has 0 fully saturated rings. The molecule has 0 saturated heterocycles. The Morgan fingerprint density at radius 2 is 1.77 bits per heavy atom. The molecule has 4 rings (SSSR count). The summed E-state index contributed by atoms with van der Waals surface area (Å²) in [6.07, 6.45) is 1.66. The standard InChI is InChI=1S/C21H18N4O/c1-14-19-12-16(13-22-20(19)25(2)24-14)23-21(26)18-11-7-6-10-17(18)15-8-4-3-5-9-15/h3-13H,1-2H3,(H,23,26). The van der Waals surface area contributed by atoms with E-state index in [1.54, 1.807) is 10.9 Å². The van der Waals surface area contributed by atoms with Crippen molar-refractivity contribution in [1.82, 2.24) is 14.8 Å². The van der Waals surface area contributed by atoms with Crippen LogP contribution in [-0.2, 0) is 7.05 Å². The maximum atomic E-state index is 12.9. The Hall–Kier alpha value is -3.47. The lowest BCUT2D eigenvalue weighted by Gasteiger charge is -2.10. The highest BCUT2D eigenvalue weighted by atomic mass is 16.1. The lowest BCUT2D eigenvalue weighted by molar-refractivity contribution is 0.102. The number of aryl methyl sites for hydroxylation is 2. The van der Waals surface area contributed by atoms with Crippen LogP contribution in [0.3, 0.4) is 0 Å². The molecule has 0 radical (unpaired) electrons. The van der Waals surface area contributed by atoms with Gasteiger partial charge < -0.3 is 5.32 Å². The molecule has 0 atom stereocenters. The largest absolute Gasteiger partial charge is 0.321 e. The van der Waals surface area contributed by atoms with E-state index in [-0.39, 0.29) is 5.91 Å². The molecule has 4 aromatic rings. The van der Waals surface area contributed by atoms with Crippen molar-refractivity contribution in [2.45, 2.75) is 6.92 Å². The maximum absolute atomic E-state index is 12.9. The van der Waals surface area contributed by atoms with Crippen molar-refractivity contribution in [3.05, 3.63) is 78.1 Å². The number of benzene rings is 2. The van der Waals surface area contributed by atoms with Crippen LogP contribution in [0.25, 0.3) is 22.2 Å². The van der Waals surface area contributed by atoms with Gasteiger partial charge in [-0.2, -0.15) is 5.10 Å². The third-order valence-corrected chi connectivity index (χ3v) is 4.38. The third kappa shape index (κ3) is 2.84. The van der Waals surface area contributed by atoms with E-state index in [2.05, 4.69) is 15.4 Å². The van der Waals surface area contributed by atoms with Gasteiger partial charge in [-0.3, -0.25) is 9.48 Å². The van der Waals surface area contributed by atoms with Crippen LogP contribution in [0.5, 0.6) is 0 Å². The lowest BCUT2D eigenvalue weighted by Crippen LogP contribution is -2.13. The molecule has 2 aromatic carbocycles. The summed E-state index contributed by atoms with van der Waals surface area (Å²) in [4.78, 5) is 17.3. The summed E-state index contributed by atoms with van der Waals surface area (Å²) in [5.41, 5.74) is 4.87. The van der Waals surface area contributed by atoms with Gasteiger partial charge in [-0.05, 0) is 30.2 Å². The van der Waals surface area contributed by atoms with Crippen LogP contribution in [0.4, 0.5) is 5.69 Å². The average Bonchev–Trinajstić information content (AvgIpc) is 2.96. The number of nitrogens with zero attached hydrogens (tertiary/aromatic N) is 3. The Morgan fingerprint density at radius 1 is 1.04 bits per heavy atom. The second kappa shape index (κ2) is 6.44. The van der Waals surface area contributed by atoms with Crippen LogP contribution in [0.1, 0.15) is 16.1 Å². The number of pyridine rings is 1. The van der Waals surface area contributed by atoms with Crippen molar-refractivity contribution < 1.29 is 4.79 Å². The SMILES string of the molecule is Cc1nn(C)c2ncc(NC(=O)c3ccccc3-c3ccccc3)cc12. The second-order valence-corrected chi connectivity index (χ2v) is 6.17. The van der Waals surface area contributed by atoms with E-state index < -0.39 is 0 Å². The lowest BCUT2D eigenvalue weighted by atomic mass is 9.99. The van der Waals surface area contributed by atoms with E-state index >= 15 is 0 Å². The molecule has 0 aliphatic carbocycles. The average molecular weight is 342 g/mol. The van der Waals surface area contributed by atoms with Crippen LogP contribution in [0.15, 0.2) is 66.9 Å². The molecule has 26 heavy (non-hydrogen) atoms. The van der Waals surface area contributed by atoms with Gasteiger partial charge in [0.15, 0.2) is 5.65 Å². The molecule has 2 heterocycles. The molecule has 0 aliphatic heterocycles. The number of nitrogens with one attached hydrogen (secondary N) is 1. The summed E-state index contributed by atoms with van der Waals surface area (Å²) < 4.78 is 1.74. The molecule has 5 nitrogen and oxygen atoms in total. The Bertz CT molecular complexity index is 1100. The number of hydrogen-bond acceptors (Lipinski definition) is 3. The van der Waals surface area contributed by atoms with Crippen molar-refractivity contribution in [2.75, 3.05) is 5.32 Å². The topological polar surface area (TPSA) is 59.8 Å². The van der Waals surface area contributed by atoms with Crippen molar-refractivity contribution in [1.29, 1.82) is 0 Å². The van der Waals surface area contributed by atoms with Gasteiger partial charge in [-0.25, -0.2) is 4.98 Å². The zero-order valence-electron chi connectivity index (χ0n) is 14.6. The van der Waals surface area contributed by atoms with E-state index in [0.717, 1.165) is 27.9 Å². The van der Waals surface area contributed by atoms with Crippen molar-refractivity contribution in [3.63, 3.8) is 0 Å². The van der Waals surface area contributed by atoms with Gasteiger partial charge in [0.05, 0.1) is 17.6 Å². The Kier molecular flexibility index (Phi) is 3.97. The number of amides is 1. The molecule has 5 heteroatoms. The van der Waals surface area contributed by atoms with E-state index in [4.69, 9.17) is 0 Å². The first kappa shape index (κ1) is 16.0. The predicted molar refractivity (Wildman–Crippen MR) is 103 cm³/mol. The summed E-state index contributed by atoms with van der Waals surface area (Å²) in [6.45, 7) is 1.93. The minimum atomic E-state index is -0.160. The maximum Gasteiger partial charge on any atom is 0.256 e. The molecular formula is C21H18N4O. The number of hydrogen-bond donors (Lipinski definition) is 1. The third-order valence-electron chi connectivity index (χ3n) is 4.38. The number of aromatic nitrogens is 3. The molecule has 1 N–H and O–H groups in total. The molecule has 2 aromatic heterocycles. The van der Waals surface area contributed by atoms with Crippen molar-refractivity contribution in [2.24, 2.45) is 7.05 Å². The molecule has 0 saturated carbocycles. The summed E-state index contributed by atoms with van der Waals surface area (Å²) in [6, 6.07) is 19.4. The summed E-state index contributed by atoms with van der Waals surface area (Å²) in [7, 11) is 1.86. The number of anilines is 1. The smallest absolute Gasteiger partial charge is 0.256 e. The van der Waals surface area contributed by atoms with Crippen molar-refractivity contribution in [3.8, 4) is 11.1 Å². The normalized spacial score (nSPS) is 10.8. The molecule has 0 aliphatic rings. The second-order valence-electron chi connectivity index (χ2n) is 6.17. The molecule has 0 bridgehead atoms. The van der Waals surface area contributed by atoms with Crippen LogP contribution < -0.4 is 5.32 Å². The van der Waals surface area contributed by atoms with Gasteiger partial charge in [0, 0.05) is 18.0 Å². The van der Waals surface area contributed by atoms with Crippen LogP contribution >= 0.6 is 0 Å². The highest BCUT2D eigenvalue weighted by molar-refractivity contribution is 6.09. The molecule has 128 valence electrons. The fourth-order valence-electron chi connectivity index (χ4n) is 3.13. The van der Waals surface area contributed by atoms with Gasteiger partial charge in [-0.15, -0.1) is 0 Å². The number of carbonyl (C=O) groups excluding carboxylic acids is 1. The van der Waals surface area contributed by atoms with Gasteiger partial charge in [-0.1, -0.05) is 48.5 Å². The van der Waals surface area contributed by atoms with Gasteiger partial charge in [0.1, 0.15) is 0 Å². The highest BCUT2D eigenvalue weighted by Crippen LogP contribution is 2.25. The first-order valence-electron chi connectivity index (χ1n) is 8.38. The number of carbonyl (C=O) groups is 1. The Balaban J connectivity index is 1.68. The molecule has 0 spiro atoms. The quantitative estimate of drug-likeness (QED) is 0.607. The van der Waals surface area contributed by atoms with E-state index in [1.807, 2.05) is 74.6 Å². The minimum absolute atomic E-state index is 0.160. The van der Waals surface area contributed by atoms with E-state index in [1.165, 1.54) is 0 Å². The van der Waals surface area contributed by atoms with Gasteiger partial charge in [0.2, 0.25) is 0 Å². The molecule has 0 unspecified atom stereocenters. The van der Waals surface area contributed by atoms with Crippen LogP contribution in [0.2, 0.25) is 0 Å². The minimum Gasteiger partial charge on any atom is -0.321 e. The Labute approximate surface area is 151 Å². The van der Waals surface area contributed by atoms with Crippen LogP contribution in [-0.4, -0.2) is 20.7 Å². The molecular weight excluding hydrogens is 324 g/mol. The highest BCUT2D eigenvalue weighted by Gasteiger charge is 2.14. The van der Waals surface area contributed by atoms with Crippen molar-refractivity contribution >= 4 is 22.6 Å². The number of fused-ring (bicyclic) bond motifs is 1. The first-order chi connectivity index (χ1) is 12.6. The van der Waals surface area contributed by atoms with E-state index in [0.29, 0.717) is 11.3 Å². The predicted octanol–water partition coefficient (Wildman–Crippen LogP) is 4.20. The summed E-state index contributed by atoms with van der Waals surface area (Å²) >= 11 is 0. The fourth-order valence-corrected chi connectivity index (χ4v) is 3.13. The monoisotopic (exact) mass is 342 g/mol. The first-order valence-corrected chi connectivity index (χ1v) is 8.38. The zero-order chi connectivity index (χ0) is 18.1.